The van der Waals surface area contributed by atoms with Gasteiger partial charge < -0.3 is 14.7 Å². The molecule has 2 aliphatic rings. The third kappa shape index (κ3) is 4.67. The molecule has 138 valence electrons. The monoisotopic (exact) mass is 362 g/mol. The molecule has 2 rings (SSSR count). The zero-order valence-corrected chi connectivity index (χ0v) is 14.8. The highest BCUT2D eigenvalue weighted by Gasteiger charge is 2.39. The lowest BCUT2D eigenvalue weighted by Crippen LogP contribution is -2.56. The fraction of sp³-hybridized carbons (Fsp3) is 0.867. The second-order valence-electron chi connectivity index (χ2n) is 6.31. The molecule has 2 atom stereocenters. The van der Waals surface area contributed by atoms with Crippen LogP contribution in [0.1, 0.15) is 39.0 Å². The molecule has 0 aliphatic carbocycles. The van der Waals surface area contributed by atoms with Crippen molar-refractivity contribution in [2.75, 3.05) is 32.0 Å². The number of morpholine rings is 1. The van der Waals surface area contributed by atoms with Crippen LogP contribution < -0.4 is 0 Å². The number of carboxylic acids is 1. The van der Waals surface area contributed by atoms with Gasteiger partial charge in [-0.3, -0.25) is 9.59 Å². The molecule has 2 unspecified atom stereocenters. The number of carboxylic acid groups (broad SMARTS) is 1. The highest BCUT2D eigenvalue weighted by Crippen LogP contribution is 2.24. The van der Waals surface area contributed by atoms with Crippen LogP contribution in [0.25, 0.3) is 0 Å². The number of nitrogens with zero attached hydrogens (tertiary/aromatic N) is 2. The number of sulfonamides is 1. The van der Waals surface area contributed by atoms with E-state index in [1.807, 2.05) is 0 Å². The predicted molar refractivity (Wildman–Crippen MR) is 87.0 cm³/mol. The van der Waals surface area contributed by atoms with Crippen molar-refractivity contribution >= 4 is 21.9 Å². The zero-order chi connectivity index (χ0) is 17.7. The van der Waals surface area contributed by atoms with Gasteiger partial charge in [0.15, 0.2) is 0 Å². The zero-order valence-electron chi connectivity index (χ0n) is 14.0. The molecule has 2 saturated heterocycles. The van der Waals surface area contributed by atoms with Crippen molar-refractivity contribution in [1.29, 1.82) is 0 Å². The summed E-state index contributed by atoms with van der Waals surface area (Å²) in [6.45, 7) is 3.02. The summed E-state index contributed by atoms with van der Waals surface area (Å²) in [5.74, 6) is -1.16. The van der Waals surface area contributed by atoms with E-state index in [1.54, 1.807) is 11.8 Å². The first-order chi connectivity index (χ1) is 11.3. The van der Waals surface area contributed by atoms with Crippen LogP contribution in [0.5, 0.6) is 0 Å². The molecule has 9 heteroatoms. The van der Waals surface area contributed by atoms with Crippen molar-refractivity contribution in [1.82, 2.24) is 9.21 Å². The smallest absolute Gasteiger partial charge is 0.306 e. The minimum atomic E-state index is -3.44. The topological polar surface area (TPSA) is 104 Å². The maximum absolute atomic E-state index is 12.9. The molecule has 2 aliphatic heterocycles. The van der Waals surface area contributed by atoms with Gasteiger partial charge >= 0.3 is 5.97 Å². The van der Waals surface area contributed by atoms with E-state index in [9.17, 15) is 18.0 Å². The van der Waals surface area contributed by atoms with Gasteiger partial charge in [0.2, 0.25) is 15.9 Å². The first-order valence-electron chi connectivity index (χ1n) is 8.47. The van der Waals surface area contributed by atoms with E-state index in [1.165, 1.54) is 4.31 Å². The number of carbonyl (C=O) groups excluding carboxylic acids is 1. The summed E-state index contributed by atoms with van der Waals surface area (Å²) in [6, 6.07) is -0.668. The highest BCUT2D eigenvalue weighted by atomic mass is 32.2. The normalized spacial score (nSPS) is 26.3. The number of carbonyl (C=O) groups is 2. The lowest BCUT2D eigenvalue weighted by Gasteiger charge is -2.39. The van der Waals surface area contributed by atoms with Gasteiger partial charge in [-0.1, -0.05) is 13.3 Å². The molecule has 0 saturated carbocycles. The van der Waals surface area contributed by atoms with E-state index in [0.717, 1.165) is 12.8 Å². The Morgan fingerprint density at radius 1 is 1.25 bits per heavy atom. The van der Waals surface area contributed by atoms with Crippen LogP contribution in [-0.4, -0.2) is 78.7 Å². The Labute approximate surface area is 142 Å². The summed E-state index contributed by atoms with van der Waals surface area (Å²) >= 11 is 0. The number of ether oxygens (including phenoxy) is 1. The van der Waals surface area contributed by atoms with Gasteiger partial charge in [0.25, 0.3) is 0 Å². The van der Waals surface area contributed by atoms with Crippen LogP contribution in [-0.2, 0) is 24.3 Å². The molecule has 8 nitrogen and oxygen atoms in total. The van der Waals surface area contributed by atoms with Crippen molar-refractivity contribution < 1.29 is 27.9 Å². The van der Waals surface area contributed by atoms with Crippen molar-refractivity contribution in [3.05, 3.63) is 0 Å². The average molecular weight is 362 g/mol. The molecule has 24 heavy (non-hydrogen) atoms. The highest BCUT2D eigenvalue weighted by molar-refractivity contribution is 7.89. The third-order valence-electron chi connectivity index (χ3n) is 4.41. The molecule has 0 bridgehead atoms. The molecule has 0 aromatic carbocycles. The number of rotatable bonds is 6. The van der Waals surface area contributed by atoms with Crippen LogP contribution in [0, 0.1) is 0 Å². The molecule has 0 radical (unpaired) electrons. The number of hydrogen-bond acceptors (Lipinski definition) is 5. The first kappa shape index (κ1) is 19.1. The SMILES string of the molecule is CCCS(=O)(=O)N1CCCCC1C(=O)N1CCOC(CC(=O)O)C1. The Hall–Kier alpha value is -1.19. The van der Waals surface area contributed by atoms with E-state index in [0.29, 0.717) is 25.9 Å². The van der Waals surface area contributed by atoms with Crippen LogP contribution in [0.15, 0.2) is 0 Å². The lowest BCUT2D eigenvalue weighted by atomic mass is 10.0. The molecule has 2 heterocycles. The average Bonchev–Trinajstić information content (AvgIpc) is 2.54. The van der Waals surface area contributed by atoms with E-state index >= 15 is 0 Å². The van der Waals surface area contributed by atoms with Gasteiger partial charge in [-0.15, -0.1) is 0 Å². The minimum Gasteiger partial charge on any atom is -0.481 e. The molecule has 1 amide bonds. The second-order valence-corrected chi connectivity index (χ2v) is 8.35. The summed E-state index contributed by atoms with van der Waals surface area (Å²) in [6.07, 6.45) is 1.91. The van der Waals surface area contributed by atoms with Gasteiger partial charge in [0, 0.05) is 19.6 Å². The predicted octanol–water partition coefficient (Wildman–Crippen LogP) is 0.283. The molecular formula is C15H26N2O6S. The van der Waals surface area contributed by atoms with Gasteiger partial charge in [-0.2, -0.15) is 4.31 Å². The third-order valence-corrected chi connectivity index (χ3v) is 6.49. The Balaban J connectivity index is 2.09. The number of aliphatic carboxylic acids is 1. The first-order valence-corrected chi connectivity index (χ1v) is 10.1. The summed E-state index contributed by atoms with van der Waals surface area (Å²) in [5, 5.41) is 8.88. The number of hydrogen-bond donors (Lipinski definition) is 1. The van der Waals surface area contributed by atoms with Gasteiger partial charge in [-0.05, 0) is 19.3 Å². The van der Waals surface area contributed by atoms with E-state index in [2.05, 4.69) is 0 Å². The Bertz CT molecular complexity index is 564. The summed E-state index contributed by atoms with van der Waals surface area (Å²) in [5.41, 5.74) is 0. The van der Waals surface area contributed by atoms with Crippen LogP contribution in [0.2, 0.25) is 0 Å². The van der Waals surface area contributed by atoms with E-state index in [-0.39, 0.29) is 31.2 Å². The minimum absolute atomic E-state index is 0.0432. The fourth-order valence-corrected chi connectivity index (χ4v) is 5.05. The Morgan fingerprint density at radius 2 is 2.00 bits per heavy atom. The van der Waals surface area contributed by atoms with Crippen LogP contribution >= 0.6 is 0 Å². The maximum atomic E-state index is 12.9. The molecule has 0 spiro atoms. The molecule has 0 aromatic heterocycles. The van der Waals surface area contributed by atoms with Crippen molar-refractivity contribution in [3.8, 4) is 0 Å². The van der Waals surface area contributed by atoms with E-state index < -0.39 is 28.1 Å². The van der Waals surface area contributed by atoms with Crippen molar-refractivity contribution in [2.24, 2.45) is 0 Å². The van der Waals surface area contributed by atoms with E-state index in [4.69, 9.17) is 9.84 Å². The van der Waals surface area contributed by atoms with Crippen LogP contribution in [0.4, 0.5) is 0 Å². The van der Waals surface area contributed by atoms with Crippen LogP contribution in [0.3, 0.4) is 0 Å². The largest absolute Gasteiger partial charge is 0.481 e. The Kier molecular flexibility index (Phi) is 6.59. The van der Waals surface area contributed by atoms with Gasteiger partial charge in [-0.25, -0.2) is 8.42 Å². The molecule has 2 fully saturated rings. The Morgan fingerprint density at radius 3 is 2.67 bits per heavy atom. The fourth-order valence-electron chi connectivity index (χ4n) is 3.31. The molecular weight excluding hydrogens is 336 g/mol. The number of piperidine rings is 1. The van der Waals surface area contributed by atoms with Crippen molar-refractivity contribution in [3.63, 3.8) is 0 Å². The van der Waals surface area contributed by atoms with Gasteiger partial charge in [0.05, 0.1) is 24.9 Å². The summed E-state index contributed by atoms with van der Waals surface area (Å²) in [4.78, 5) is 25.2. The summed E-state index contributed by atoms with van der Waals surface area (Å²) in [7, 11) is -3.44. The summed E-state index contributed by atoms with van der Waals surface area (Å²) < 4.78 is 31.6. The number of amides is 1. The lowest BCUT2D eigenvalue weighted by molar-refractivity contribution is -0.150. The van der Waals surface area contributed by atoms with Gasteiger partial charge in [0.1, 0.15) is 6.04 Å². The molecule has 0 aromatic rings. The molecule has 1 N–H and O–H groups in total. The quantitative estimate of drug-likeness (QED) is 0.728. The second kappa shape index (κ2) is 8.26. The maximum Gasteiger partial charge on any atom is 0.306 e. The van der Waals surface area contributed by atoms with Crippen molar-refractivity contribution in [2.45, 2.75) is 51.2 Å². The standard InChI is InChI=1S/C15H26N2O6S/c1-2-9-24(21,22)17-6-4-3-5-13(17)15(20)16-7-8-23-12(11-16)10-14(18)19/h12-13H,2-11H2,1H3,(H,18,19).